The minimum Gasteiger partial charge on any atom is -0.512 e. The van der Waals surface area contributed by atoms with E-state index >= 15 is 0 Å². The van der Waals surface area contributed by atoms with Crippen molar-refractivity contribution in [2.24, 2.45) is 0 Å². The van der Waals surface area contributed by atoms with Crippen molar-refractivity contribution in [1.82, 2.24) is 0 Å². The summed E-state index contributed by atoms with van der Waals surface area (Å²) in [5.41, 5.74) is 0. The molecule has 0 heterocycles. The normalized spacial score (nSPS) is 10.6. The Morgan fingerprint density at radius 1 is 0.417 bits per heavy atom. The maximum Gasteiger partial charge on any atom is 0.549 e. The maximum atomic E-state index is 11.8. The van der Waals surface area contributed by atoms with Gasteiger partial charge in [0, 0.05) is 42.1 Å². The Labute approximate surface area is 233 Å². The van der Waals surface area contributed by atoms with E-state index in [9.17, 15) is 52.7 Å². The first-order valence-corrected chi connectivity index (χ1v) is 14.6. The van der Waals surface area contributed by atoms with Crippen LogP contribution in [0.2, 0.25) is 0 Å². The van der Waals surface area contributed by atoms with Gasteiger partial charge in [0.2, 0.25) is 0 Å². The summed E-state index contributed by atoms with van der Waals surface area (Å²) in [6.45, 7) is 27.7. The van der Waals surface area contributed by atoms with Gasteiger partial charge in [-0.25, -0.2) is 0 Å². The van der Waals surface area contributed by atoms with Crippen LogP contribution in [-0.4, -0.2) is 50.3 Å². The number of nitrogens with zero attached hydrogens (tertiary/aromatic N) is 4. The van der Waals surface area contributed by atoms with Gasteiger partial charge in [-0.15, -0.1) is 57.0 Å². The SMILES string of the molecule is C[PH+](C)O[PH+](C)C.FC(F)(F)[PH+](O[PH+](C(F)(F)F)C(F)(F)F)C(F)(F)F.[C-]#N.[C-]#N.[C-]#N.[C-]#N.[Pt].[Pt]. The van der Waals surface area contributed by atoms with Crippen LogP contribution in [0.5, 0.6) is 0 Å². The monoisotopic (exact) mass is 990 g/mol. The quantitative estimate of drug-likeness (QED) is 0.164. The van der Waals surface area contributed by atoms with Crippen LogP contribution in [0.3, 0.4) is 0 Å². The summed E-state index contributed by atoms with van der Waals surface area (Å²) in [6.07, 6.45) is 0. The molecule has 0 aromatic carbocycles. The number of hydrogen-bond donors (Lipinski definition) is 0. The zero-order valence-electron chi connectivity index (χ0n) is 17.8. The summed E-state index contributed by atoms with van der Waals surface area (Å²) in [5, 5.41) is 25.0. The van der Waals surface area contributed by atoms with Gasteiger partial charge in [0.25, 0.3) is 0 Å². The van der Waals surface area contributed by atoms with E-state index in [1.165, 1.54) is 0 Å². The summed E-state index contributed by atoms with van der Waals surface area (Å²) in [4.78, 5) is 0. The molecule has 0 bridgehead atoms. The minimum absolute atomic E-state index is 0. The predicted molar refractivity (Wildman–Crippen MR) is 103 cm³/mol. The van der Waals surface area contributed by atoms with Crippen molar-refractivity contribution in [1.29, 1.82) is 21.0 Å². The fraction of sp³-hybridized carbons (Fsp3) is 0.667. The fourth-order valence-electron chi connectivity index (χ4n) is 1.06. The van der Waals surface area contributed by atoms with Gasteiger partial charge in [-0.3, -0.25) is 0 Å². The van der Waals surface area contributed by atoms with Crippen molar-refractivity contribution >= 4 is 32.6 Å². The molecule has 0 aliphatic rings. The van der Waals surface area contributed by atoms with E-state index in [0.717, 1.165) is 0 Å². The maximum absolute atomic E-state index is 11.8. The molecule has 220 valence electrons. The van der Waals surface area contributed by atoms with Crippen LogP contribution >= 0.6 is 32.6 Å². The van der Waals surface area contributed by atoms with Crippen molar-refractivity contribution < 1.29 is 103 Å². The second-order valence-electron chi connectivity index (χ2n) is 4.67. The van der Waals surface area contributed by atoms with E-state index in [0.29, 0.717) is 0 Å². The molecule has 0 atom stereocenters. The third kappa shape index (κ3) is 36.3. The summed E-state index contributed by atoms with van der Waals surface area (Å²) in [6, 6.07) is 0. The molecule has 0 saturated heterocycles. The molecular formula is C12H16F12N4O2P4Pt2. The van der Waals surface area contributed by atoms with E-state index in [-0.39, 0.29) is 58.4 Å². The van der Waals surface area contributed by atoms with Crippen molar-refractivity contribution in [3.63, 3.8) is 0 Å². The Morgan fingerprint density at radius 2 is 0.556 bits per heavy atom. The van der Waals surface area contributed by atoms with E-state index in [1.807, 2.05) is 0 Å². The van der Waals surface area contributed by atoms with E-state index in [2.05, 4.69) is 31.0 Å². The van der Waals surface area contributed by atoms with Gasteiger partial charge in [-0.1, -0.05) is 4.31 Å². The van der Waals surface area contributed by atoms with Crippen LogP contribution in [0, 0.1) is 47.3 Å². The predicted octanol–water partition coefficient (Wildman–Crippen LogP) is 7.50. The first-order valence-electron chi connectivity index (χ1n) is 6.98. The molecule has 0 radical (unpaired) electrons. The van der Waals surface area contributed by atoms with Crippen LogP contribution < -0.4 is 0 Å². The third-order valence-electron chi connectivity index (χ3n) is 1.64. The average molecular weight is 990 g/mol. The molecule has 0 fully saturated rings. The smallest absolute Gasteiger partial charge is 0.512 e. The number of halogens is 12. The van der Waals surface area contributed by atoms with Crippen molar-refractivity contribution in [2.75, 3.05) is 26.7 Å². The molecular weight excluding hydrogens is 974 g/mol. The molecule has 24 heteroatoms. The van der Waals surface area contributed by atoms with Crippen molar-refractivity contribution in [3.05, 3.63) is 26.3 Å². The standard InChI is InChI=1S/C4F12OP2.C4H12OP2.4CN.2Pt/c5-1(6,7)18(2(8,9)10)17-19(3(11,12)13)4(14,15)16;1-6(2)5-7(3)4;4*1-2;;/h;1-4H3;;;;;;/q;;4*-1;;/p+4. The number of rotatable bonds is 4. The van der Waals surface area contributed by atoms with E-state index in [1.54, 1.807) is 0 Å². The molecule has 0 aliphatic heterocycles. The molecule has 0 amide bonds. The molecule has 6 nitrogen and oxygen atoms in total. The number of alkyl halides is 12. The van der Waals surface area contributed by atoms with Crippen LogP contribution in [0.15, 0.2) is 0 Å². The molecule has 0 unspecified atom stereocenters. The summed E-state index contributed by atoms with van der Waals surface area (Å²) < 4.78 is 150. The van der Waals surface area contributed by atoms with Crippen LogP contribution in [-0.2, 0) is 50.8 Å². The van der Waals surface area contributed by atoms with Crippen LogP contribution in [0.1, 0.15) is 0 Å². The topological polar surface area (TPSA) is 114 Å². The molecule has 0 saturated carbocycles. The van der Waals surface area contributed by atoms with Gasteiger partial charge in [-0.05, 0) is 0 Å². The Hall–Kier alpha value is 0.137. The van der Waals surface area contributed by atoms with Crippen LogP contribution in [0.25, 0.3) is 0 Å². The minimum atomic E-state index is -6.35. The van der Waals surface area contributed by atoms with Crippen molar-refractivity contribution in [2.45, 2.75) is 23.7 Å². The second-order valence-corrected chi connectivity index (χ2v) is 13.5. The Bertz CT molecular complexity index is 495. The molecule has 0 rings (SSSR count). The largest absolute Gasteiger partial charge is 0.549 e. The van der Waals surface area contributed by atoms with Gasteiger partial charge in [0.05, 0.1) is 26.7 Å². The number of hydrogen-bond acceptors (Lipinski definition) is 6. The zero-order chi connectivity index (χ0) is 29.7. The molecule has 0 aromatic rings. The molecule has 0 aromatic heterocycles. The van der Waals surface area contributed by atoms with Gasteiger partial charge < -0.3 is 47.3 Å². The van der Waals surface area contributed by atoms with Crippen molar-refractivity contribution in [3.8, 4) is 0 Å². The van der Waals surface area contributed by atoms with Gasteiger partial charge >= 0.3 is 40.0 Å². The average Bonchev–Trinajstić information content (AvgIpc) is 2.63. The Morgan fingerprint density at radius 3 is 0.611 bits per heavy atom. The molecule has 0 aliphatic carbocycles. The second kappa shape index (κ2) is 28.2. The van der Waals surface area contributed by atoms with Gasteiger partial charge in [0.1, 0.15) is 0 Å². The van der Waals surface area contributed by atoms with Gasteiger partial charge in [0.15, 0.2) is 16.3 Å². The summed E-state index contributed by atoms with van der Waals surface area (Å²) in [7, 11) is -13.4. The van der Waals surface area contributed by atoms with E-state index < -0.39 is 40.0 Å². The first-order chi connectivity index (χ1) is 15.1. The van der Waals surface area contributed by atoms with Crippen LogP contribution in [0.4, 0.5) is 52.7 Å². The molecule has 0 N–H and O–H groups in total. The third-order valence-corrected chi connectivity index (χ3v) is 8.60. The Kier molecular flexibility index (Phi) is 44.1. The summed E-state index contributed by atoms with van der Waals surface area (Å²) in [5.74, 6) is -25.4. The Balaban J connectivity index is -0.0000000646. The fourth-order valence-corrected chi connectivity index (χ4v) is 7.64. The zero-order valence-corrected chi connectivity index (χ0v) is 26.3. The molecule has 0 spiro atoms. The first kappa shape index (κ1) is 56.4. The molecule has 36 heavy (non-hydrogen) atoms. The van der Waals surface area contributed by atoms with E-state index in [4.69, 9.17) is 51.6 Å². The summed E-state index contributed by atoms with van der Waals surface area (Å²) >= 11 is 0. The van der Waals surface area contributed by atoms with Gasteiger partial charge in [-0.2, -0.15) is 0 Å².